The summed E-state index contributed by atoms with van der Waals surface area (Å²) in [5.41, 5.74) is 0. The molecule has 0 aromatic rings. The normalized spacial score (nSPS) is 28.5. The summed E-state index contributed by atoms with van der Waals surface area (Å²) in [6, 6.07) is 0. The zero-order valence-electron chi connectivity index (χ0n) is 13.4. The summed E-state index contributed by atoms with van der Waals surface area (Å²) in [4.78, 5) is 42.4. The third kappa shape index (κ3) is 7.50. The molecule has 0 aromatic carbocycles. The molecule has 9 heteroatoms. The Morgan fingerprint density at radius 3 is 0.760 bits per heavy atom. The van der Waals surface area contributed by atoms with Gasteiger partial charge >= 0.3 is 61.6 Å². The number of aliphatic carboxylic acids is 4. The number of carboxylic acid groups (broad SMARTS) is 4. The molecule has 4 N–H and O–H groups in total. The van der Waals surface area contributed by atoms with E-state index in [4.69, 9.17) is 20.4 Å². The van der Waals surface area contributed by atoms with E-state index in [0.717, 1.165) is 25.7 Å². The first-order valence-electron chi connectivity index (χ1n) is 8.17. The van der Waals surface area contributed by atoms with Crippen molar-refractivity contribution in [2.45, 2.75) is 51.4 Å². The fourth-order valence-corrected chi connectivity index (χ4v) is 3.44. The number of hydrogen-bond donors (Lipinski definition) is 4. The zero-order chi connectivity index (χ0) is 18.3. The predicted molar refractivity (Wildman–Crippen MR) is 90.0 cm³/mol. The average molecular weight is 386 g/mol. The van der Waals surface area contributed by atoms with E-state index >= 15 is 0 Å². The molecule has 0 aliphatic heterocycles. The third-order valence-corrected chi connectivity index (χ3v) is 4.80. The molecule has 25 heavy (non-hydrogen) atoms. The average Bonchev–Trinajstić information content (AvgIpc) is 2.55. The van der Waals surface area contributed by atoms with Crippen molar-refractivity contribution < 1.29 is 39.6 Å². The van der Waals surface area contributed by atoms with Crippen LogP contribution in [0.15, 0.2) is 0 Å². The van der Waals surface area contributed by atoms with E-state index in [1.165, 1.54) is 0 Å². The standard InChI is InChI=1S/2C8H12O4.Ca.2H/c2*9-7(10)5-3-1-2-4-6(5)8(11)12;;;/h2*5-6H,1-4H2,(H,9,10)(H,11,12);;;. The molecular formula is C16H26CaO8. The van der Waals surface area contributed by atoms with Crippen LogP contribution in [0.5, 0.6) is 0 Å². The van der Waals surface area contributed by atoms with Gasteiger partial charge in [-0.15, -0.1) is 0 Å². The molecule has 8 nitrogen and oxygen atoms in total. The van der Waals surface area contributed by atoms with E-state index in [1.54, 1.807) is 0 Å². The second-order valence-corrected chi connectivity index (χ2v) is 6.35. The molecule has 2 fully saturated rings. The van der Waals surface area contributed by atoms with Gasteiger partial charge in [0, 0.05) is 0 Å². The first kappa shape index (κ1) is 24.1. The topological polar surface area (TPSA) is 149 Å². The van der Waals surface area contributed by atoms with Gasteiger partial charge in [0.1, 0.15) is 0 Å². The third-order valence-electron chi connectivity index (χ3n) is 4.80. The van der Waals surface area contributed by atoms with Crippen molar-refractivity contribution in [3.8, 4) is 0 Å². The molecule has 140 valence electrons. The van der Waals surface area contributed by atoms with Crippen LogP contribution in [0.2, 0.25) is 0 Å². The molecule has 0 spiro atoms. The summed E-state index contributed by atoms with van der Waals surface area (Å²) in [5.74, 6) is -6.56. The Labute approximate surface area is 175 Å². The minimum absolute atomic E-state index is 0. The summed E-state index contributed by atoms with van der Waals surface area (Å²) in [7, 11) is 0. The molecule has 0 bridgehead atoms. The van der Waals surface area contributed by atoms with Crippen LogP contribution in [0.3, 0.4) is 0 Å². The van der Waals surface area contributed by atoms with E-state index in [0.29, 0.717) is 25.7 Å². The fourth-order valence-electron chi connectivity index (χ4n) is 3.44. The molecular weight excluding hydrogens is 360 g/mol. The van der Waals surface area contributed by atoms with Gasteiger partial charge in [0.15, 0.2) is 0 Å². The van der Waals surface area contributed by atoms with Crippen molar-refractivity contribution >= 4 is 61.6 Å². The molecule has 2 rings (SSSR count). The van der Waals surface area contributed by atoms with Crippen molar-refractivity contribution in [2.75, 3.05) is 0 Å². The van der Waals surface area contributed by atoms with Gasteiger partial charge < -0.3 is 20.4 Å². The zero-order valence-corrected chi connectivity index (χ0v) is 13.4. The first-order valence-corrected chi connectivity index (χ1v) is 8.17. The Balaban J connectivity index is 0.000000443. The van der Waals surface area contributed by atoms with Crippen molar-refractivity contribution in [2.24, 2.45) is 23.7 Å². The monoisotopic (exact) mass is 386 g/mol. The van der Waals surface area contributed by atoms with E-state index < -0.39 is 47.5 Å². The van der Waals surface area contributed by atoms with Gasteiger partial charge in [-0.25, -0.2) is 0 Å². The van der Waals surface area contributed by atoms with Gasteiger partial charge in [0.05, 0.1) is 23.7 Å². The van der Waals surface area contributed by atoms with Crippen LogP contribution in [0.4, 0.5) is 0 Å². The summed E-state index contributed by atoms with van der Waals surface area (Å²) in [6.07, 6.45) is 5.36. The molecule has 0 amide bonds. The molecule has 0 radical (unpaired) electrons. The first-order chi connectivity index (χ1) is 11.3. The van der Waals surface area contributed by atoms with Crippen LogP contribution < -0.4 is 0 Å². The van der Waals surface area contributed by atoms with Gasteiger partial charge in [-0.2, -0.15) is 0 Å². The number of carboxylic acids is 4. The van der Waals surface area contributed by atoms with Crippen LogP contribution in [-0.4, -0.2) is 82.0 Å². The summed E-state index contributed by atoms with van der Waals surface area (Å²) in [6.45, 7) is 0. The Bertz CT molecular complexity index is 405. The van der Waals surface area contributed by atoms with Crippen molar-refractivity contribution in [3.63, 3.8) is 0 Å². The summed E-state index contributed by atoms with van der Waals surface area (Å²) in [5, 5.41) is 34.8. The van der Waals surface area contributed by atoms with E-state index in [-0.39, 0.29) is 37.7 Å². The summed E-state index contributed by atoms with van der Waals surface area (Å²) < 4.78 is 0. The van der Waals surface area contributed by atoms with E-state index in [1.807, 2.05) is 0 Å². The number of hydrogen-bond acceptors (Lipinski definition) is 4. The van der Waals surface area contributed by atoms with Crippen LogP contribution in [0.1, 0.15) is 51.4 Å². The molecule has 2 saturated carbocycles. The Morgan fingerprint density at radius 2 is 0.640 bits per heavy atom. The quantitative estimate of drug-likeness (QED) is 0.523. The second kappa shape index (κ2) is 11.7. The van der Waals surface area contributed by atoms with Crippen molar-refractivity contribution in [1.29, 1.82) is 0 Å². The molecule has 2 aliphatic rings. The molecule has 0 aromatic heterocycles. The Hall–Kier alpha value is -0.860. The van der Waals surface area contributed by atoms with Crippen LogP contribution in [0.25, 0.3) is 0 Å². The minimum atomic E-state index is -0.970. The van der Waals surface area contributed by atoms with Crippen LogP contribution in [0, 0.1) is 23.7 Å². The molecule has 4 unspecified atom stereocenters. The Kier molecular flexibility index (Phi) is 11.3. The predicted octanol–water partition coefficient (Wildman–Crippen LogP) is 1.01. The van der Waals surface area contributed by atoms with Crippen LogP contribution >= 0.6 is 0 Å². The SMILES string of the molecule is O=C(O)C1CCCCC1C(=O)O.O=C(O)C1CCCCC1C(=O)O.[CaH2]. The molecule has 0 saturated heterocycles. The number of carbonyl (C=O) groups is 4. The maximum atomic E-state index is 10.6. The van der Waals surface area contributed by atoms with Crippen molar-refractivity contribution in [1.82, 2.24) is 0 Å². The van der Waals surface area contributed by atoms with Gasteiger partial charge in [-0.05, 0) is 25.7 Å². The van der Waals surface area contributed by atoms with Gasteiger partial charge in [-0.3, -0.25) is 19.2 Å². The van der Waals surface area contributed by atoms with Gasteiger partial charge in [-0.1, -0.05) is 25.7 Å². The second-order valence-electron chi connectivity index (χ2n) is 6.35. The van der Waals surface area contributed by atoms with E-state index in [2.05, 4.69) is 0 Å². The summed E-state index contributed by atoms with van der Waals surface area (Å²) >= 11 is 0. The maximum absolute atomic E-state index is 10.6. The van der Waals surface area contributed by atoms with Crippen molar-refractivity contribution in [3.05, 3.63) is 0 Å². The fraction of sp³-hybridized carbons (Fsp3) is 0.750. The van der Waals surface area contributed by atoms with E-state index in [9.17, 15) is 19.2 Å². The Morgan fingerprint density at radius 1 is 0.480 bits per heavy atom. The van der Waals surface area contributed by atoms with Gasteiger partial charge in [0.2, 0.25) is 0 Å². The number of rotatable bonds is 4. The molecule has 4 atom stereocenters. The molecule has 2 aliphatic carbocycles. The van der Waals surface area contributed by atoms with Gasteiger partial charge in [0.25, 0.3) is 0 Å². The van der Waals surface area contributed by atoms with Crippen LogP contribution in [-0.2, 0) is 19.2 Å². The molecule has 0 heterocycles.